The molecule has 0 unspecified atom stereocenters. The van der Waals surface area contributed by atoms with Gasteiger partial charge in [-0.15, -0.1) is 5.92 Å². The van der Waals surface area contributed by atoms with Crippen LogP contribution in [-0.2, 0) is 16.1 Å². The van der Waals surface area contributed by atoms with E-state index in [4.69, 9.17) is 9.47 Å². The van der Waals surface area contributed by atoms with Crippen LogP contribution in [0.15, 0.2) is 60.7 Å². The molecule has 0 amide bonds. The van der Waals surface area contributed by atoms with Crippen LogP contribution < -0.4 is 0 Å². The van der Waals surface area contributed by atoms with Crippen LogP contribution in [0.4, 0.5) is 0 Å². The summed E-state index contributed by atoms with van der Waals surface area (Å²) in [5, 5.41) is 0. The van der Waals surface area contributed by atoms with Gasteiger partial charge in [-0.2, -0.15) is 0 Å². The van der Waals surface area contributed by atoms with Crippen molar-refractivity contribution in [2.45, 2.75) is 32.5 Å². The third-order valence-corrected chi connectivity index (χ3v) is 3.33. The lowest BCUT2D eigenvalue weighted by Gasteiger charge is -2.16. The first-order valence-corrected chi connectivity index (χ1v) is 8.13. The minimum absolute atomic E-state index is 0.325. The average molecular weight is 322 g/mol. The largest absolute Gasteiger partial charge is 0.455 e. The van der Waals surface area contributed by atoms with Crippen molar-refractivity contribution in [3.8, 4) is 11.8 Å². The van der Waals surface area contributed by atoms with Crippen LogP contribution in [0.2, 0.25) is 0 Å². The number of ether oxygens (including phenoxy) is 2. The third kappa shape index (κ3) is 6.28. The monoisotopic (exact) mass is 322 g/mol. The highest BCUT2D eigenvalue weighted by atomic mass is 16.6. The van der Waals surface area contributed by atoms with E-state index in [0.29, 0.717) is 25.2 Å². The smallest absolute Gasteiger partial charge is 0.338 e. The number of rotatable bonds is 7. The zero-order chi connectivity index (χ0) is 17.0. The molecule has 2 aromatic rings. The Balaban J connectivity index is 1.90. The SMILES string of the molecule is CCC#CC[C@@H](COCc1ccccc1)OC(=O)c1ccccc1. The number of carbonyl (C=O) groups excluding carboxylic acids is 1. The lowest BCUT2D eigenvalue weighted by molar-refractivity contribution is -0.00630. The summed E-state index contributed by atoms with van der Waals surface area (Å²) in [6, 6.07) is 18.9. The number of carbonyl (C=O) groups is 1. The molecule has 0 aromatic heterocycles. The third-order valence-electron chi connectivity index (χ3n) is 3.33. The summed E-state index contributed by atoms with van der Waals surface area (Å²) in [7, 11) is 0. The highest BCUT2D eigenvalue weighted by Crippen LogP contribution is 2.08. The molecule has 0 radical (unpaired) electrons. The summed E-state index contributed by atoms with van der Waals surface area (Å²) in [6.07, 6.45) is 0.881. The Morgan fingerprint density at radius 3 is 2.33 bits per heavy atom. The van der Waals surface area contributed by atoms with Gasteiger partial charge < -0.3 is 9.47 Å². The normalized spacial score (nSPS) is 11.2. The zero-order valence-corrected chi connectivity index (χ0v) is 13.9. The van der Waals surface area contributed by atoms with Gasteiger partial charge in [0.25, 0.3) is 0 Å². The van der Waals surface area contributed by atoms with Gasteiger partial charge >= 0.3 is 5.97 Å². The minimum atomic E-state index is -0.375. The van der Waals surface area contributed by atoms with Crippen molar-refractivity contribution >= 4 is 5.97 Å². The first-order chi connectivity index (χ1) is 11.8. The standard InChI is InChI=1S/C21H22O3/c1-2-3-6-15-20(17-23-16-18-11-7-4-8-12-18)24-21(22)19-13-9-5-10-14-19/h4-5,7-14,20H,2,15-17H2,1H3/t20-/m0/s1. The van der Waals surface area contributed by atoms with Gasteiger partial charge in [0.1, 0.15) is 6.10 Å². The molecule has 0 spiro atoms. The Kier molecular flexibility index (Phi) is 7.59. The highest BCUT2D eigenvalue weighted by Gasteiger charge is 2.15. The minimum Gasteiger partial charge on any atom is -0.455 e. The molecule has 0 aliphatic heterocycles. The molecule has 0 saturated carbocycles. The first kappa shape index (κ1) is 17.8. The maximum Gasteiger partial charge on any atom is 0.338 e. The Morgan fingerprint density at radius 1 is 1.00 bits per heavy atom. The molecular formula is C21H22O3. The van der Waals surface area contributed by atoms with Crippen molar-refractivity contribution in [2.24, 2.45) is 0 Å². The first-order valence-electron chi connectivity index (χ1n) is 8.13. The Hall–Kier alpha value is -2.57. The second-order valence-corrected chi connectivity index (χ2v) is 5.31. The van der Waals surface area contributed by atoms with E-state index in [-0.39, 0.29) is 12.1 Å². The molecule has 0 aliphatic carbocycles. The van der Waals surface area contributed by atoms with E-state index in [2.05, 4.69) is 11.8 Å². The fourth-order valence-corrected chi connectivity index (χ4v) is 2.12. The number of esters is 1. The van der Waals surface area contributed by atoms with Crippen molar-refractivity contribution in [3.05, 3.63) is 71.8 Å². The highest BCUT2D eigenvalue weighted by molar-refractivity contribution is 5.89. The van der Waals surface area contributed by atoms with E-state index in [0.717, 1.165) is 12.0 Å². The summed E-state index contributed by atoms with van der Waals surface area (Å²) in [6.45, 7) is 2.80. The van der Waals surface area contributed by atoms with Gasteiger partial charge in [0.2, 0.25) is 0 Å². The molecule has 24 heavy (non-hydrogen) atoms. The second-order valence-electron chi connectivity index (χ2n) is 5.31. The Labute approximate surface area is 143 Å². The van der Waals surface area contributed by atoms with Gasteiger partial charge in [-0.1, -0.05) is 61.4 Å². The molecule has 0 saturated heterocycles. The summed E-state index contributed by atoms with van der Waals surface area (Å²) in [5.41, 5.74) is 1.62. The van der Waals surface area contributed by atoms with E-state index < -0.39 is 0 Å². The second kappa shape index (κ2) is 10.3. The van der Waals surface area contributed by atoms with Crippen LogP contribution in [0.3, 0.4) is 0 Å². The number of hydrogen-bond donors (Lipinski definition) is 0. The molecule has 1 atom stereocenters. The predicted octanol–water partition coefficient (Wildman–Crippen LogP) is 4.23. The topological polar surface area (TPSA) is 35.5 Å². The lowest BCUT2D eigenvalue weighted by Crippen LogP contribution is -2.23. The summed E-state index contributed by atoms with van der Waals surface area (Å²) >= 11 is 0. The molecule has 124 valence electrons. The summed E-state index contributed by atoms with van der Waals surface area (Å²) < 4.78 is 11.3. The fraction of sp³-hybridized carbons (Fsp3) is 0.286. The van der Waals surface area contributed by atoms with Crippen LogP contribution in [0.1, 0.15) is 35.7 Å². The van der Waals surface area contributed by atoms with Gasteiger partial charge in [-0.05, 0) is 17.7 Å². The summed E-state index contributed by atoms with van der Waals surface area (Å²) in [5.74, 6) is 5.69. The van der Waals surface area contributed by atoms with Gasteiger partial charge in [0, 0.05) is 12.8 Å². The molecule has 0 fully saturated rings. The van der Waals surface area contributed by atoms with Gasteiger partial charge in [0.15, 0.2) is 0 Å². The van der Waals surface area contributed by atoms with E-state index in [9.17, 15) is 4.79 Å². The van der Waals surface area contributed by atoms with E-state index >= 15 is 0 Å². The molecule has 0 bridgehead atoms. The molecule has 3 heteroatoms. The Morgan fingerprint density at radius 2 is 1.67 bits per heavy atom. The van der Waals surface area contributed by atoms with Gasteiger partial charge in [0.05, 0.1) is 18.8 Å². The molecular weight excluding hydrogens is 300 g/mol. The van der Waals surface area contributed by atoms with Gasteiger partial charge in [-0.3, -0.25) is 0 Å². The number of benzene rings is 2. The van der Waals surface area contributed by atoms with E-state index in [1.165, 1.54) is 0 Å². The molecule has 2 aromatic carbocycles. The molecule has 2 rings (SSSR count). The van der Waals surface area contributed by atoms with E-state index in [1.807, 2.05) is 55.5 Å². The lowest BCUT2D eigenvalue weighted by atomic mass is 10.2. The molecule has 0 heterocycles. The van der Waals surface area contributed by atoms with Gasteiger partial charge in [-0.25, -0.2) is 4.79 Å². The van der Waals surface area contributed by atoms with Crippen LogP contribution in [0, 0.1) is 11.8 Å². The van der Waals surface area contributed by atoms with Crippen molar-refractivity contribution in [2.75, 3.05) is 6.61 Å². The van der Waals surface area contributed by atoms with Crippen LogP contribution >= 0.6 is 0 Å². The van der Waals surface area contributed by atoms with Crippen molar-refractivity contribution < 1.29 is 14.3 Å². The molecule has 3 nitrogen and oxygen atoms in total. The fourth-order valence-electron chi connectivity index (χ4n) is 2.12. The van der Waals surface area contributed by atoms with Crippen molar-refractivity contribution in [1.82, 2.24) is 0 Å². The quantitative estimate of drug-likeness (QED) is 0.565. The van der Waals surface area contributed by atoms with E-state index in [1.54, 1.807) is 12.1 Å². The summed E-state index contributed by atoms with van der Waals surface area (Å²) in [4.78, 5) is 12.2. The average Bonchev–Trinajstić information content (AvgIpc) is 2.63. The van der Waals surface area contributed by atoms with Crippen LogP contribution in [-0.4, -0.2) is 18.7 Å². The van der Waals surface area contributed by atoms with Crippen LogP contribution in [0.25, 0.3) is 0 Å². The number of hydrogen-bond acceptors (Lipinski definition) is 3. The molecule has 0 N–H and O–H groups in total. The Bertz CT molecular complexity index is 668. The molecule has 0 aliphatic rings. The predicted molar refractivity (Wildman–Crippen MR) is 94.4 cm³/mol. The van der Waals surface area contributed by atoms with Crippen molar-refractivity contribution in [1.29, 1.82) is 0 Å². The maximum absolute atomic E-state index is 12.2. The zero-order valence-electron chi connectivity index (χ0n) is 13.9. The van der Waals surface area contributed by atoms with Crippen LogP contribution in [0.5, 0.6) is 0 Å². The maximum atomic E-state index is 12.2. The van der Waals surface area contributed by atoms with Crippen molar-refractivity contribution in [3.63, 3.8) is 0 Å².